The van der Waals surface area contributed by atoms with Crippen LogP contribution in [0.3, 0.4) is 0 Å². The molecule has 2 heteroatoms. The van der Waals surface area contributed by atoms with Crippen molar-refractivity contribution >= 4 is 0 Å². The zero-order valence-corrected chi connectivity index (χ0v) is 9.26. The molecule has 0 unspecified atom stereocenters. The SMILES string of the molecule is [CH]=CC1(CNC(=[CH])OC(C)(C)C)CC1.[HH]. The highest BCUT2D eigenvalue weighted by atomic mass is 16.5. The zero-order chi connectivity index (χ0) is 10.8. The van der Waals surface area contributed by atoms with Gasteiger partial charge in [0.2, 0.25) is 0 Å². The fourth-order valence-corrected chi connectivity index (χ4v) is 1.19. The van der Waals surface area contributed by atoms with Gasteiger partial charge in [-0.05, 0) is 33.6 Å². The van der Waals surface area contributed by atoms with Gasteiger partial charge in [-0.3, -0.25) is 0 Å². The van der Waals surface area contributed by atoms with E-state index in [1.165, 1.54) is 0 Å². The van der Waals surface area contributed by atoms with Gasteiger partial charge in [0.15, 0.2) is 5.88 Å². The van der Waals surface area contributed by atoms with Gasteiger partial charge in [-0.2, -0.15) is 0 Å². The highest BCUT2D eigenvalue weighted by Gasteiger charge is 2.39. The summed E-state index contributed by atoms with van der Waals surface area (Å²) in [7, 11) is 0. The van der Waals surface area contributed by atoms with Crippen molar-refractivity contribution in [2.75, 3.05) is 6.54 Å². The molecule has 0 saturated heterocycles. The number of hydrogen-bond acceptors (Lipinski definition) is 2. The van der Waals surface area contributed by atoms with E-state index in [1.807, 2.05) is 20.8 Å². The lowest BCUT2D eigenvalue weighted by atomic mass is 10.1. The van der Waals surface area contributed by atoms with Crippen LogP contribution in [0.5, 0.6) is 0 Å². The Morgan fingerprint density at radius 1 is 1.57 bits per heavy atom. The van der Waals surface area contributed by atoms with Crippen molar-refractivity contribution in [2.45, 2.75) is 39.2 Å². The number of ether oxygens (including phenoxy) is 1. The highest BCUT2D eigenvalue weighted by Crippen LogP contribution is 2.45. The van der Waals surface area contributed by atoms with E-state index in [9.17, 15) is 0 Å². The van der Waals surface area contributed by atoms with Crippen LogP contribution in [0.25, 0.3) is 0 Å². The van der Waals surface area contributed by atoms with Crippen molar-refractivity contribution < 1.29 is 6.16 Å². The average molecular weight is 195 g/mol. The van der Waals surface area contributed by atoms with Crippen molar-refractivity contribution in [3.8, 4) is 0 Å². The molecule has 1 fully saturated rings. The molecular weight excluding hydrogens is 174 g/mol. The van der Waals surface area contributed by atoms with E-state index in [0.717, 1.165) is 19.4 Å². The molecule has 0 amide bonds. The Morgan fingerprint density at radius 2 is 2.14 bits per heavy atom. The van der Waals surface area contributed by atoms with Gasteiger partial charge in [0.25, 0.3) is 0 Å². The van der Waals surface area contributed by atoms with Gasteiger partial charge in [-0.25, -0.2) is 0 Å². The summed E-state index contributed by atoms with van der Waals surface area (Å²) in [5.74, 6) is 0.380. The van der Waals surface area contributed by atoms with Crippen LogP contribution in [-0.4, -0.2) is 12.1 Å². The molecule has 0 bridgehead atoms. The van der Waals surface area contributed by atoms with Crippen molar-refractivity contribution in [1.82, 2.24) is 5.32 Å². The molecule has 14 heavy (non-hydrogen) atoms. The molecule has 0 atom stereocenters. The monoisotopic (exact) mass is 195 g/mol. The second kappa shape index (κ2) is 3.68. The van der Waals surface area contributed by atoms with Crippen LogP contribution < -0.4 is 5.32 Å². The van der Waals surface area contributed by atoms with E-state index in [0.29, 0.717) is 5.88 Å². The smallest absolute Gasteiger partial charge is 0.187 e. The van der Waals surface area contributed by atoms with Gasteiger partial charge in [0.05, 0.1) is 0 Å². The van der Waals surface area contributed by atoms with Crippen molar-refractivity contribution in [1.29, 1.82) is 0 Å². The first kappa shape index (κ1) is 11.2. The third-order valence-corrected chi connectivity index (χ3v) is 2.28. The Kier molecular flexibility index (Phi) is 2.93. The van der Waals surface area contributed by atoms with Gasteiger partial charge in [0, 0.05) is 20.0 Å². The molecule has 0 spiro atoms. The number of nitrogens with one attached hydrogen (secondary N) is 1. The first-order valence-electron chi connectivity index (χ1n) is 4.98. The van der Waals surface area contributed by atoms with Gasteiger partial charge in [0.1, 0.15) is 5.60 Å². The van der Waals surface area contributed by atoms with Crippen molar-refractivity contribution in [3.05, 3.63) is 25.1 Å². The Hall–Kier alpha value is -0.920. The molecular formula is C12H21NO. The van der Waals surface area contributed by atoms with E-state index in [2.05, 4.69) is 5.32 Å². The summed E-state index contributed by atoms with van der Waals surface area (Å²) < 4.78 is 5.43. The lowest BCUT2D eigenvalue weighted by Crippen LogP contribution is -2.28. The molecule has 0 aromatic rings. The summed E-state index contributed by atoms with van der Waals surface area (Å²) in [5, 5.41) is 3.05. The van der Waals surface area contributed by atoms with Crippen molar-refractivity contribution in [3.63, 3.8) is 0 Å². The van der Waals surface area contributed by atoms with Gasteiger partial charge in [-0.1, -0.05) is 12.7 Å². The molecule has 1 aliphatic rings. The van der Waals surface area contributed by atoms with E-state index in [-0.39, 0.29) is 12.4 Å². The largest absolute Gasteiger partial charge is 0.474 e. The third-order valence-electron chi connectivity index (χ3n) is 2.28. The second-order valence-electron chi connectivity index (χ2n) is 4.96. The summed E-state index contributed by atoms with van der Waals surface area (Å²) in [6.45, 7) is 17.9. The van der Waals surface area contributed by atoms with E-state index >= 15 is 0 Å². The number of hydrogen-bond donors (Lipinski definition) is 1. The average Bonchev–Trinajstić information content (AvgIpc) is 2.78. The second-order valence-corrected chi connectivity index (χ2v) is 4.96. The quantitative estimate of drug-likeness (QED) is 0.681. The first-order chi connectivity index (χ1) is 6.37. The lowest BCUT2D eigenvalue weighted by molar-refractivity contribution is 0.0398. The minimum atomic E-state index is -0.250. The minimum absolute atomic E-state index is 0. The van der Waals surface area contributed by atoms with Gasteiger partial charge in [-0.15, -0.1) is 0 Å². The minimum Gasteiger partial charge on any atom is -0.474 e. The van der Waals surface area contributed by atoms with Crippen LogP contribution >= 0.6 is 0 Å². The molecule has 2 radical (unpaired) electrons. The molecule has 1 aliphatic carbocycles. The maximum Gasteiger partial charge on any atom is 0.187 e. The Bertz CT molecular complexity index is 238. The summed E-state index contributed by atoms with van der Waals surface area (Å²) >= 11 is 0. The molecule has 1 saturated carbocycles. The Balaban J connectivity index is 0.00000196. The van der Waals surface area contributed by atoms with E-state index in [1.54, 1.807) is 6.08 Å². The Morgan fingerprint density at radius 3 is 2.50 bits per heavy atom. The van der Waals surface area contributed by atoms with Gasteiger partial charge < -0.3 is 10.1 Å². The molecule has 2 nitrogen and oxygen atoms in total. The fraction of sp³-hybridized carbons (Fsp3) is 0.667. The molecule has 0 aromatic carbocycles. The van der Waals surface area contributed by atoms with E-state index in [4.69, 9.17) is 17.9 Å². The molecule has 1 rings (SSSR count). The van der Waals surface area contributed by atoms with Crippen LogP contribution in [0.2, 0.25) is 0 Å². The summed E-state index contributed by atoms with van der Waals surface area (Å²) in [6.07, 6.45) is 4.03. The van der Waals surface area contributed by atoms with E-state index < -0.39 is 0 Å². The van der Waals surface area contributed by atoms with Crippen LogP contribution in [0, 0.1) is 18.6 Å². The maximum atomic E-state index is 5.68. The molecule has 0 aliphatic heterocycles. The molecule has 0 heterocycles. The van der Waals surface area contributed by atoms with Crippen LogP contribution in [0.15, 0.2) is 12.0 Å². The molecule has 0 aromatic heterocycles. The van der Waals surface area contributed by atoms with Crippen LogP contribution in [0.1, 0.15) is 35.0 Å². The van der Waals surface area contributed by atoms with Crippen LogP contribution in [-0.2, 0) is 4.74 Å². The summed E-state index contributed by atoms with van der Waals surface area (Å²) in [4.78, 5) is 0. The molecule has 80 valence electrons. The third kappa shape index (κ3) is 3.44. The fourth-order valence-electron chi connectivity index (χ4n) is 1.19. The predicted molar refractivity (Wildman–Crippen MR) is 59.3 cm³/mol. The van der Waals surface area contributed by atoms with Gasteiger partial charge >= 0.3 is 0 Å². The Labute approximate surface area is 88.5 Å². The number of rotatable bonds is 5. The topological polar surface area (TPSA) is 21.3 Å². The summed E-state index contributed by atoms with van der Waals surface area (Å²) in [6, 6.07) is 0. The highest BCUT2D eigenvalue weighted by molar-refractivity contribution is 5.07. The standard InChI is InChI=1S/C12H19NO.H2/c1-6-12(7-8-12)9-13-10(2)14-11(3,4)5;/h1-2,6,13H,7-9H2,3-5H3;1H. The lowest BCUT2D eigenvalue weighted by Gasteiger charge is -2.24. The van der Waals surface area contributed by atoms with Crippen LogP contribution in [0.4, 0.5) is 0 Å². The normalized spacial score (nSPS) is 18.5. The predicted octanol–water partition coefficient (Wildman–Crippen LogP) is 2.68. The summed E-state index contributed by atoms with van der Waals surface area (Å²) in [5.41, 5.74) is -0.0912. The van der Waals surface area contributed by atoms with Crippen molar-refractivity contribution in [2.24, 2.45) is 5.41 Å². The zero-order valence-electron chi connectivity index (χ0n) is 9.26. The maximum absolute atomic E-state index is 5.68. The first-order valence-corrected chi connectivity index (χ1v) is 4.98. The molecule has 1 N–H and O–H groups in total.